The standard InChI is InChI=1S/C57H78N2O7/c1-7-47(45-36-42(4)55(64-6)53(38-45)63-5)56(61)59-34-21-19-28-51(59)57(62)66-52(32-31-43-30-29-40(2)41(3)35-43)44-23-22-24-46(37-44)65-39-54(60)58-33-20-15-11-9-8-10-12-16-25-48-49-26-17-13-14-18-27-50(48)49/h22-24,29-30,35-38,47-52H,7-12,15-21,25-28,31-34,39H2,1-6H3,(H,58,60)/t47-,48?,49-,50+,51-,52+/m0/s1. The largest absolute Gasteiger partial charge is 0.493 e. The molecule has 3 aromatic carbocycles. The maximum absolute atomic E-state index is 14.4. The van der Waals surface area contributed by atoms with Gasteiger partial charge < -0.3 is 29.2 Å². The summed E-state index contributed by atoms with van der Waals surface area (Å²) in [4.78, 5) is 43.4. The fourth-order valence-electron chi connectivity index (χ4n) is 10.6. The number of nitrogens with zero attached hydrogens (tertiary/aromatic N) is 1. The highest BCUT2D eigenvalue weighted by atomic mass is 16.5. The predicted octanol–water partition coefficient (Wildman–Crippen LogP) is 11.9. The summed E-state index contributed by atoms with van der Waals surface area (Å²) in [6.07, 6.45) is 19.6. The van der Waals surface area contributed by atoms with Crippen LogP contribution in [0.5, 0.6) is 17.2 Å². The number of benzene rings is 3. The summed E-state index contributed by atoms with van der Waals surface area (Å²) in [5.74, 6) is 10.2. The number of ether oxygens (including phenoxy) is 4. The van der Waals surface area contributed by atoms with E-state index in [9.17, 15) is 14.4 Å². The van der Waals surface area contributed by atoms with Crippen LogP contribution in [0.3, 0.4) is 0 Å². The van der Waals surface area contributed by atoms with Crippen LogP contribution in [0.2, 0.25) is 0 Å². The van der Waals surface area contributed by atoms with Gasteiger partial charge in [-0.2, -0.15) is 0 Å². The Bertz CT molecular complexity index is 2100. The Kier molecular flexibility index (Phi) is 19.7. The quantitative estimate of drug-likeness (QED) is 0.0513. The summed E-state index contributed by atoms with van der Waals surface area (Å²) in [5.41, 5.74) is 6.10. The molecule has 0 bridgehead atoms. The first-order valence-corrected chi connectivity index (χ1v) is 25.4. The van der Waals surface area contributed by atoms with E-state index in [0.29, 0.717) is 56.0 Å². The molecule has 1 unspecified atom stereocenters. The molecule has 358 valence electrons. The van der Waals surface area contributed by atoms with Crippen molar-refractivity contribution >= 4 is 17.8 Å². The van der Waals surface area contributed by atoms with Gasteiger partial charge in [0.1, 0.15) is 17.9 Å². The minimum atomic E-state index is -0.703. The Hall–Kier alpha value is -4.97. The molecule has 1 aliphatic heterocycles. The summed E-state index contributed by atoms with van der Waals surface area (Å²) >= 11 is 0. The molecular formula is C57H78N2O7. The zero-order valence-corrected chi connectivity index (χ0v) is 41.0. The number of likely N-dealkylation sites (tertiary alicyclic amines) is 1. The van der Waals surface area contributed by atoms with Gasteiger partial charge in [-0.25, -0.2) is 4.79 Å². The monoisotopic (exact) mass is 903 g/mol. The minimum Gasteiger partial charge on any atom is -0.493 e. The van der Waals surface area contributed by atoms with Crippen molar-refractivity contribution in [1.82, 2.24) is 10.2 Å². The number of nitrogens with one attached hydrogen (secondary N) is 1. The average molecular weight is 903 g/mol. The van der Waals surface area contributed by atoms with Gasteiger partial charge in [0.15, 0.2) is 18.1 Å². The van der Waals surface area contributed by atoms with Crippen LogP contribution in [-0.2, 0) is 25.5 Å². The Balaban J connectivity index is 0.983. The maximum Gasteiger partial charge on any atom is 0.329 e. The number of hydrogen-bond acceptors (Lipinski definition) is 7. The molecule has 3 aromatic rings. The molecule has 1 saturated heterocycles. The Labute approximate surface area is 396 Å². The molecule has 3 aliphatic rings. The van der Waals surface area contributed by atoms with E-state index >= 15 is 0 Å². The second-order valence-corrected chi connectivity index (χ2v) is 19.2. The van der Waals surface area contributed by atoms with E-state index in [4.69, 9.17) is 18.9 Å². The van der Waals surface area contributed by atoms with Crippen molar-refractivity contribution in [2.24, 2.45) is 17.8 Å². The zero-order chi connectivity index (χ0) is 46.8. The topological polar surface area (TPSA) is 103 Å². The minimum absolute atomic E-state index is 0.0879. The molecule has 9 nitrogen and oxygen atoms in total. The first-order valence-electron chi connectivity index (χ1n) is 25.4. The second kappa shape index (κ2) is 25.8. The summed E-state index contributed by atoms with van der Waals surface area (Å²) in [6, 6.07) is 17.1. The van der Waals surface area contributed by atoms with Crippen LogP contribution >= 0.6 is 0 Å². The molecule has 9 heteroatoms. The summed E-state index contributed by atoms with van der Waals surface area (Å²) in [7, 11) is 3.20. The van der Waals surface area contributed by atoms with E-state index in [0.717, 1.165) is 78.5 Å². The van der Waals surface area contributed by atoms with Crippen molar-refractivity contribution in [3.05, 3.63) is 88.0 Å². The van der Waals surface area contributed by atoms with Crippen molar-refractivity contribution in [3.8, 4) is 29.1 Å². The molecule has 2 aliphatic carbocycles. The number of carbonyl (C=O) groups excluding carboxylic acids is 3. The molecular weight excluding hydrogens is 825 g/mol. The smallest absolute Gasteiger partial charge is 0.329 e. The van der Waals surface area contributed by atoms with E-state index in [2.05, 4.69) is 49.2 Å². The average Bonchev–Trinajstić information content (AvgIpc) is 3.97. The Morgan fingerprint density at radius 2 is 1.50 bits per heavy atom. The van der Waals surface area contributed by atoms with Gasteiger partial charge in [0.25, 0.3) is 5.91 Å². The maximum atomic E-state index is 14.4. The normalized spacial score (nSPS) is 19.8. The number of rotatable bonds is 25. The van der Waals surface area contributed by atoms with Gasteiger partial charge >= 0.3 is 5.97 Å². The molecule has 6 atom stereocenters. The van der Waals surface area contributed by atoms with E-state index in [1.165, 1.54) is 68.9 Å². The Morgan fingerprint density at radius 3 is 2.20 bits per heavy atom. The number of hydrogen-bond donors (Lipinski definition) is 1. The third kappa shape index (κ3) is 14.3. The fraction of sp³-hybridized carbons (Fsp3) is 0.596. The number of carbonyl (C=O) groups is 3. The van der Waals surface area contributed by atoms with Crippen molar-refractivity contribution in [3.63, 3.8) is 0 Å². The highest BCUT2D eigenvalue weighted by Crippen LogP contribution is 2.55. The molecule has 1 saturated carbocycles. The second-order valence-electron chi connectivity index (χ2n) is 19.2. The fourth-order valence-corrected chi connectivity index (χ4v) is 10.6. The number of aryl methyl sites for hydroxylation is 4. The number of unbranched alkanes of at least 4 members (excludes halogenated alkanes) is 7. The zero-order valence-electron chi connectivity index (χ0n) is 41.0. The SMILES string of the molecule is CC[C@H](C(=O)N1CCCC[C@H]1C(=O)O[C@H](CCc1ccc(C)c(C)c1)c1cccc(OCC(=O)NCCCCCCCCCCC2[C@H]3CCC#CCC[C@@H]23)c1)c1cc(C)c(OC)c(OC)c1. The predicted molar refractivity (Wildman–Crippen MR) is 263 cm³/mol. The van der Waals surface area contributed by atoms with E-state index in [1.54, 1.807) is 19.1 Å². The third-order valence-corrected chi connectivity index (χ3v) is 14.6. The van der Waals surface area contributed by atoms with Gasteiger partial charge in [-0.1, -0.05) is 88.3 Å². The van der Waals surface area contributed by atoms with Crippen LogP contribution in [0.15, 0.2) is 54.6 Å². The van der Waals surface area contributed by atoms with E-state index in [1.807, 2.05) is 50.2 Å². The highest BCUT2D eigenvalue weighted by molar-refractivity contribution is 5.89. The van der Waals surface area contributed by atoms with Crippen LogP contribution in [0.1, 0.15) is 168 Å². The molecule has 0 radical (unpaired) electrons. The molecule has 1 N–H and O–H groups in total. The summed E-state index contributed by atoms with van der Waals surface area (Å²) in [6.45, 7) is 9.18. The lowest BCUT2D eigenvalue weighted by molar-refractivity contribution is -0.162. The van der Waals surface area contributed by atoms with Gasteiger partial charge in [-0.05, 0) is 154 Å². The van der Waals surface area contributed by atoms with Crippen LogP contribution in [0.4, 0.5) is 0 Å². The lowest BCUT2D eigenvalue weighted by Crippen LogP contribution is -2.50. The van der Waals surface area contributed by atoms with Gasteiger partial charge in [0.05, 0.1) is 20.1 Å². The van der Waals surface area contributed by atoms with Crippen LogP contribution in [0.25, 0.3) is 0 Å². The highest BCUT2D eigenvalue weighted by Gasteiger charge is 2.47. The third-order valence-electron chi connectivity index (χ3n) is 14.6. The van der Waals surface area contributed by atoms with Crippen molar-refractivity contribution in [2.45, 2.75) is 168 Å². The molecule has 6 rings (SSSR count). The van der Waals surface area contributed by atoms with Crippen LogP contribution in [0, 0.1) is 50.4 Å². The number of esters is 1. The molecule has 66 heavy (non-hydrogen) atoms. The van der Waals surface area contributed by atoms with Crippen molar-refractivity contribution in [1.29, 1.82) is 0 Å². The molecule has 2 amide bonds. The first kappa shape index (κ1) is 50.4. The molecule has 1 heterocycles. The van der Waals surface area contributed by atoms with E-state index in [-0.39, 0.29) is 18.4 Å². The van der Waals surface area contributed by atoms with Gasteiger partial charge in [-0.3, -0.25) is 9.59 Å². The van der Waals surface area contributed by atoms with Gasteiger partial charge in [0, 0.05) is 25.9 Å². The Morgan fingerprint density at radius 1 is 0.773 bits per heavy atom. The molecule has 0 aromatic heterocycles. The lowest BCUT2D eigenvalue weighted by Gasteiger charge is -2.37. The number of piperidine rings is 1. The van der Waals surface area contributed by atoms with Crippen molar-refractivity contribution < 1.29 is 33.3 Å². The van der Waals surface area contributed by atoms with Crippen LogP contribution < -0.4 is 19.5 Å². The van der Waals surface area contributed by atoms with E-state index < -0.39 is 24.0 Å². The van der Waals surface area contributed by atoms with Gasteiger partial charge in [-0.15, -0.1) is 11.8 Å². The lowest BCUT2D eigenvalue weighted by atomic mass is 9.91. The number of amides is 2. The molecule has 0 spiro atoms. The summed E-state index contributed by atoms with van der Waals surface area (Å²) in [5, 5.41) is 3.03. The first-order chi connectivity index (χ1) is 32.1. The molecule has 2 fully saturated rings. The summed E-state index contributed by atoms with van der Waals surface area (Å²) < 4.78 is 23.7. The van der Waals surface area contributed by atoms with Crippen molar-refractivity contribution in [2.75, 3.05) is 33.9 Å². The number of methoxy groups -OCH3 is 2. The van der Waals surface area contributed by atoms with Gasteiger partial charge in [0.2, 0.25) is 5.91 Å². The van der Waals surface area contributed by atoms with Crippen LogP contribution in [-0.4, -0.2) is 62.6 Å². The number of fused-ring (bicyclic) bond motifs is 1.